The Kier molecular flexibility index (Phi) is 2.38. The molecule has 0 radical (unpaired) electrons. The molecule has 1 atom stereocenters. The summed E-state index contributed by atoms with van der Waals surface area (Å²) in [5.74, 6) is 3.02. The standard InChI is InChI=1S/C14H26N2/c1-13(15,9-16-2)14-6-10-3-11(7-14)5-12(4-10)8-14/h10-12,16H,3-9,15H2,1-2H3. The number of hydrogen-bond acceptors (Lipinski definition) is 2. The Morgan fingerprint density at radius 2 is 1.56 bits per heavy atom. The van der Waals surface area contributed by atoms with Crippen LogP contribution in [0.2, 0.25) is 0 Å². The minimum atomic E-state index is -0.00222. The van der Waals surface area contributed by atoms with Crippen LogP contribution >= 0.6 is 0 Å². The van der Waals surface area contributed by atoms with E-state index in [-0.39, 0.29) is 5.54 Å². The van der Waals surface area contributed by atoms with Gasteiger partial charge >= 0.3 is 0 Å². The molecule has 0 aromatic heterocycles. The summed E-state index contributed by atoms with van der Waals surface area (Å²) in [5, 5.41) is 3.31. The molecule has 0 aromatic rings. The second kappa shape index (κ2) is 3.46. The third-order valence-corrected chi connectivity index (χ3v) is 5.79. The minimum Gasteiger partial charge on any atom is -0.324 e. The largest absolute Gasteiger partial charge is 0.324 e. The van der Waals surface area contributed by atoms with E-state index in [1.165, 1.54) is 38.5 Å². The van der Waals surface area contributed by atoms with E-state index in [0.29, 0.717) is 5.41 Å². The first kappa shape index (κ1) is 11.0. The molecule has 3 N–H and O–H groups in total. The maximum absolute atomic E-state index is 6.66. The van der Waals surface area contributed by atoms with Crippen molar-refractivity contribution in [1.82, 2.24) is 5.32 Å². The molecular weight excluding hydrogens is 196 g/mol. The second-order valence-electron chi connectivity index (χ2n) is 7.15. The van der Waals surface area contributed by atoms with Crippen molar-refractivity contribution in [2.45, 2.75) is 51.0 Å². The topological polar surface area (TPSA) is 38.0 Å². The summed E-state index contributed by atoms with van der Waals surface area (Å²) in [6, 6.07) is 0. The molecule has 2 heteroatoms. The average molecular weight is 222 g/mol. The third-order valence-electron chi connectivity index (χ3n) is 5.79. The van der Waals surface area contributed by atoms with Crippen LogP contribution in [-0.2, 0) is 0 Å². The van der Waals surface area contributed by atoms with E-state index in [2.05, 4.69) is 12.2 Å². The van der Waals surface area contributed by atoms with Gasteiger partial charge in [0.2, 0.25) is 0 Å². The van der Waals surface area contributed by atoms with Crippen LogP contribution in [0.5, 0.6) is 0 Å². The molecule has 4 aliphatic rings. The van der Waals surface area contributed by atoms with Crippen LogP contribution in [0.15, 0.2) is 0 Å². The van der Waals surface area contributed by atoms with E-state index in [0.717, 1.165) is 24.3 Å². The fourth-order valence-corrected chi connectivity index (χ4v) is 5.36. The van der Waals surface area contributed by atoms with Crippen LogP contribution < -0.4 is 11.1 Å². The Morgan fingerprint density at radius 1 is 1.12 bits per heavy atom. The zero-order chi connectivity index (χ0) is 11.4. The smallest absolute Gasteiger partial charge is 0.0309 e. The van der Waals surface area contributed by atoms with Crippen molar-refractivity contribution in [2.75, 3.05) is 13.6 Å². The zero-order valence-corrected chi connectivity index (χ0v) is 10.8. The fourth-order valence-electron chi connectivity index (χ4n) is 5.36. The highest BCUT2D eigenvalue weighted by Gasteiger charge is 2.57. The van der Waals surface area contributed by atoms with Crippen molar-refractivity contribution in [2.24, 2.45) is 28.9 Å². The van der Waals surface area contributed by atoms with E-state index in [9.17, 15) is 0 Å². The van der Waals surface area contributed by atoms with Gasteiger partial charge in [-0.25, -0.2) is 0 Å². The fraction of sp³-hybridized carbons (Fsp3) is 1.00. The molecule has 4 bridgehead atoms. The monoisotopic (exact) mass is 222 g/mol. The molecule has 4 rings (SSSR count). The highest BCUT2D eigenvalue weighted by Crippen LogP contribution is 2.63. The molecule has 4 fully saturated rings. The summed E-state index contributed by atoms with van der Waals surface area (Å²) in [5.41, 5.74) is 7.12. The summed E-state index contributed by atoms with van der Waals surface area (Å²) in [4.78, 5) is 0. The number of rotatable bonds is 3. The Labute approximate surface area is 99.4 Å². The van der Waals surface area contributed by atoms with Gasteiger partial charge in [-0.3, -0.25) is 0 Å². The van der Waals surface area contributed by atoms with Crippen molar-refractivity contribution < 1.29 is 0 Å². The lowest BCUT2D eigenvalue weighted by Gasteiger charge is -2.62. The SMILES string of the molecule is CNCC(C)(N)C12CC3CC(CC(C3)C1)C2. The van der Waals surface area contributed by atoms with Crippen LogP contribution in [0.25, 0.3) is 0 Å². The Bertz CT molecular complexity index is 247. The minimum absolute atomic E-state index is 0.00222. The average Bonchev–Trinajstić information content (AvgIpc) is 2.14. The Hall–Kier alpha value is -0.0800. The van der Waals surface area contributed by atoms with Crippen LogP contribution in [-0.4, -0.2) is 19.1 Å². The summed E-state index contributed by atoms with van der Waals surface area (Å²) in [6.07, 6.45) is 8.76. The van der Waals surface area contributed by atoms with Gasteiger partial charge < -0.3 is 11.1 Å². The first-order chi connectivity index (χ1) is 7.55. The molecule has 0 spiro atoms. The van der Waals surface area contributed by atoms with Gasteiger partial charge in [-0.15, -0.1) is 0 Å². The molecule has 0 amide bonds. The van der Waals surface area contributed by atoms with Crippen LogP contribution in [0.1, 0.15) is 45.4 Å². The maximum Gasteiger partial charge on any atom is 0.0309 e. The summed E-state index contributed by atoms with van der Waals surface area (Å²) < 4.78 is 0. The number of nitrogens with two attached hydrogens (primary N) is 1. The van der Waals surface area contributed by atoms with Gasteiger partial charge in [0.25, 0.3) is 0 Å². The highest BCUT2D eigenvalue weighted by atomic mass is 14.9. The highest BCUT2D eigenvalue weighted by molar-refractivity contribution is 5.11. The lowest BCUT2D eigenvalue weighted by molar-refractivity contribution is -0.0920. The van der Waals surface area contributed by atoms with Gasteiger partial charge in [0.05, 0.1) is 0 Å². The van der Waals surface area contributed by atoms with Crippen molar-refractivity contribution in [3.8, 4) is 0 Å². The van der Waals surface area contributed by atoms with Crippen LogP contribution in [0, 0.1) is 23.2 Å². The van der Waals surface area contributed by atoms with Gasteiger partial charge in [0.1, 0.15) is 0 Å². The predicted octanol–water partition coefficient (Wildman–Crippen LogP) is 2.14. The number of hydrogen-bond donors (Lipinski definition) is 2. The van der Waals surface area contributed by atoms with Gasteiger partial charge in [-0.05, 0) is 75.7 Å². The lowest BCUT2D eigenvalue weighted by atomic mass is 9.45. The number of nitrogens with one attached hydrogen (secondary N) is 1. The molecule has 92 valence electrons. The normalized spacial score (nSPS) is 49.3. The molecule has 4 aliphatic carbocycles. The molecule has 2 nitrogen and oxygen atoms in total. The van der Waals surface area contributed by atoms with Crippen molar-refractivity contribution in [3.05, 3.63) is 0 Å². The first-order valence-electron chi connectivity index (χ1n) is 6.98. The van der Waals surface area contributed by atoms with Crippen molar-refractivity contribution >= 4 is 0 Å². The quantitative estimate of drug-likeness (QED) is 0.768. The van der Waals surface area contributed by atoms with Gasteiger partial charge in [0, 0.05) is 12.1 Å². The molecule has 0 aromatic carbocycles. The number of likely N-dealkylation sites (N-methyl/N-ethyl adjacent to an activating group) is 1. The van der Waals surface area contributed by atoms with E-state index >= 15 is 0 Å². The van der Waals surface area contributed by atoms with Gasteiger partial charge in [-0.2, -0.15) is 0 Å². The van der Waals surface area contributed by atoms with E-state index in [1.807, 2.05) is 7.05 Å². The van der Waals surface area contributed by atoms with Crippen molar-refractivity contribution in [3.63, 3.8) is 0 Å². The maximum atomic E-state index is 6.66. The van der Waals surface area contributed by atoms with E-state index in [4.69, 9.17) is 5.73 Å². The van der Waals surface area contributed by atoms with Gasteiger partial charge in [-0.1, -0.05) is 0 Å². The zero-order valence-electron chi connectivity index (χ0n) is 10.8. The Morgan fingerprint density at radius 3 is 1.94 bits per heavy atom. The lowest BCUT2D eigenvalue weighted by Crippen LogP contribution is -2.64. The molecule has 0 aliphatic heterocycles. The summed E-state index contributed by atoms with van der Waals surface area (Å²) >= 11 is 0. The molecule has 4 saturated carbocycles. The Balaban J connectivity index is 1.88. The molecule has 1 unspecified atom stereocenters. The molecule has 0 heterocycles. The van der Waals surface area contributed by atoms with Crippen LogP contribution in [0.3, 0.4) is 0 Å². The third kappa shape index (κ3) is 1.46. The predicted molar refractivity (Wildman–Crippen MR) is 67.1 cm³/mol. The summed E-state index contributed by atoms with van der Waals surface area (Å²) in [6.45, 7) is 3.26. The van der Waals surface area contributed by atoms with Gasteiger partial charge in [0.15, 0.2) is 0 Å². The molecular formula is C14H26N2. The van der Waals surface area contributed by atoms with Crippen LogP contribution in [0.4, 0.5) is 0 Å². The van der Waals surface area contributed by atoms with E-state index in [1.54, 1.807) is 0 Å². The summed E-state index contributed by atoms with van der Waals surface area (Å²) in [7, 11) is 2.03. The first-order valence-corrected chi connectivity index (χ1v) is 6.98. The van der Waals surface area contributed by atoms with E-state index < -0.39 is 0 Å². The second-order valence-corrected chi connectivity index (χ2v) is 7.15. The molecule has 16 heavy (non-hydrogen) atoms. The molecule has 0 saturated heterocycles. The van der Waals surface area contributed by atoms with Crippen molar-refractivity contribution in [1.29, 1.82) is 0 Å².